The molecule has 0 bridgehead atoms. The molecule has 1 atom stereocenters. The van der Waals surface area contributed by atoms with Gasteiger partial charge in [0.15, 0.2) is 5.82 Å². The molecule has 0 saturated heterocycles. The average Bonchev–Trinajstić information content (AvgIpc) is 2.67. The van der Waals surface area contributed by atoms with Crippen LogP contribution < -0.4 is 0 Å². The number of carbonyl (C=O) groups excluding carboxylic acids is 1. The van der Waals surface area contributed by atoms with Gasteiger partial charge in [0, 0.05) is 18.0 Å². The van der Waals surface area contributed by atoms with E-state index in [4.69, 9.17) is 0 Å². The van der Waals surface area contributed by atoms with Crippen molar-refractivity contribution in [2.24, 2.45) is 0 Å². The van der Waals surface area contributed by atoms with Gasteiger partial charge in [-0.2, -0.15) is 0 Å². The lowest BCUT2D eigenvalue weighted by molar-refractivity contribution is -0.108. The average molecular weight is 205 g/mol. The second kappa shape index (κ2) is 3.85. The van der Waals surface area contributed by atoms with E-state index in [9.17, 15) is 9.18 Å². The van der Waals surface area contributed by atoms with Crippen LogP contribution in [0.1, 0.15) is 24.8 Å². The van der Waals surface area contributed by atoms with Crippen LogP contribution >= 0.6 is 0 Å². The molecule has 0 aliphatic rings. The van der Waals surface area contributed by atoms with Crippen molar-refractivity contribution in [3.05, 3.63) is 35.8 Å². The zero-order valence-corrected chi connectivity index (χ0v) is 8.46. The number of aldehydes is 1. The number of halogens is 1. The third-order valence-electron chi connectivity index (χ3n) is 2.68. The van der Waals surface area contributed by atoms with Crippen LogP contribution in [0.15, 0.2) is 24.4 Å². The van der Waals surface area contributed by atoms with Crippen molar-refractivity contribution in [3.8, 4) is 0 Å². The molecule has 0 fully saturated rings. The van der Waals surface area contributed by atoms with Gasteiger partial charge in [0.05, 0.1) is 5.52 Å². The predicted octanol–water partition coefficient (Wildman–Crippen LogP) is 3.00. The molecule has 2 nitrogen and oxygen atoms in total. The first kappa shape index (κ1) is 9.90. The van der Waals surface area contributed by atoms with Crippen molar-refractivity contribution in [1.82, 2.24) is 4.98 Å². The van der Waals surface area contributed by atoms with Crippen molar-refractivity contribution in [2.45, 2.75) is 19.3 Å². The molecular formula is C12H12FNO. The zero-order valence-electron chi connectivity index (χ0n) is 8.46. The van der Waals surface area contributed by atoms with Crippen molar-refractivity contribution in [3.63, 3.8) is 0 Å². The minimum atomic E-state index is -0.244. The van der Waals surface area contributed by atoms with E-state index in [2.05, 4.69) is 4.98 Å². The fraction of sp³-hybridized carbons (Fsp3) is 0.250. The lowest BCUT2D eigenvalue weighted by atomic mass is 9.97. The van der Waals surface area contributed by atoms with Crippen LogP contribution in [0, 0.1) is 5.82 Å². The molecule has 0 aliphatic heterocycles. The SMILES string of the molecule is CC(CC=O)c1ccc2cc[nH]c2c1F. The van der Waals surface area contributed by atoms with E-state index in [1.165, 1.54) is 0 Å². The Morgan fingerprint density at radius 2 is 2.27 bits per heavy atom. The van der Waals surface area contributed by atoms with Gasteiger partial charge in [0.25, 0.3) is 0 Å². The number of nitrogens with one attached hydrogen (secondary N) is 1. The molecule has 78 valence electrons. The molecule has 1 unspecified atom stereocenters. The van der Waals surface area contributed by atoms with E-state index in [1.807, 2.05) is 19.1 Å². The van der Waals surface area contributed by atoms with Gasteiger partial charge >= 0.3 is 0 Å². The first-order valence-electron chi connectivity index (χ1n) is 4.93. The van der Waals surface area contributed by atoms with Gasteiger partial charge in [-0.15, -0.1) is 0 Å². The summed E-state index contributed by atoms with van der Waals surface area (Å²) in [5.41, 5.74) is 1.11. The molecule has 0 amide bonds. The van der Waals surface area contributed by atoms with Crippen LogP contribution in [-0.2, 0) is 4.79 Å². The van der Waals surface area contributed by atoms with Crippen LogP contribution in [-0.4, -0.2) is 11.3 Å². The number of carbonyl (C=O) groups is 1. The highest BCUT2D eigenvalue weighted by Gasteiger charge is 2.13. The third-order valence-corrected chi connectivity index (χ3v) is 2.68. The summed E-state index contributed by atoms with van der Waals surface area (Å²) in [5, 5.41) is 0.856. The first-order chi connectivity index (χ1) is 7.24. The lowest BCUT2D eigenvalue weighted by Gasteiger charge is -2.09. The van der Waals surface area contributed by atoms with Gasteiger partial charge in [-0.3, -0.25) is 0 Å². The Balaban J connectivity index is 2.51. The topological polar surface area (TPSA) is 32.9 Å². The minimum absolute atomic E-state index is 0.0739. The molecule has 0 saturated carbocycles. The maximum Gasteiger partial charge on any atom is 0.150 e. The van der Waals surface area contributed by atoms with E-state index < -0.39 is 0 Å². The molecule has 2 rings (SSSR count). The molecule has 1 aromatic heterocycles. The summed E-state index contributed by atoms with van der Waals surface area (Å²) in [7, 11) is 0. The van der Waals surface area contributed by atoms with Crippen LogP contribution in [0.2, 0.25) is 0 Å². The summed E-state index contributed by atoms with van der Waals surface area (Å²) >= 11 is 0. The molecule has 2 aromatic rings. The normalized spacial score (nSPS) is 12.9. The van der Waals surface area contributed by atoms with Crippen LogP contribution in [0.4, 0.5) is 4.39 Å². The Labute approximate surface area is 87.1 Å². The smallest absolute Gasteiger partial charge is 0.150 e. The molecule has 0 radical (unpaired) electrons. The van der Waals surface area contributed by atoms with E-state index in [0.717, 1.165) is 11.7 Å². The Bertz CT molecular complexity index is 489. The summed E-state index contributed by atoms with van der Waals surface area (Å²) < 4.78 is 13.9. The minimum Gasteiger partial charge on any atom is -0.359 e. The standard InChI is InChI=1S/C12H12FNO/c1-8(5-7-15)10-3-2-9-4-6-14-12(9)11(10)13/h2-4,6-8,14H,5H2,1H3. The zero-order chi connectivity index (χ0) is 10.8. The maximum atomic E-state index is 13.9. The molecule has 0 aliphatic carbocycles. The van der Waals surface area contributed by atoms with Crippen molar-refractivity contribution < 1.29 is 9.18 Å². The van der Waals surface area contributed by atoms with Crippen LogP contribution in [0.25, 0.3) is 10.9 Å². The van der Waals surface area contributed by atoms with E-state index in [1.54, 1.807) is 12.3 Å². The van der Waals surface area contributed by atoms with Gasteiger partial charge < -0.3 is 9.78 Å². The number of hydrogen-bond acceptors (Lipinski definition) is 1. The lowest BCUT2D eigenvalue weighted by Crippen LogP contribution is -1.98. The van der Waals surface area contributed by atoms with Gasteiger partial charge in [-0.1, -0.05) is 19.1 Å². The largest absolute Gasteiger partial charge is 0.359 e. The summed E-state index contributed by atoms with van der Waals surface area (Å²) in [6.45, 7) is 1.85. The monoisotopic (exact) mass is 205 g/mol. The van der Waals surface area contributed by atoms with E-state index >= 15 is 0 Å². The van der Waals surface area contributed by atoms with Gasteiger partial charge in [0.2, 0.25) is 0 Å². The molecule has 1 heterocycles. The number of H-pyrrole nitrogens is 1. The summed E-state index contributed by atoms with van der Waals surface area (Å²) in [4.78, 5) is 13.2. The third kappa shape index (κ3) is 1.65. The van der Waals surface area contributed by atoms with Gasteiger partial charge in [-0.05, 0) is 17.5 Å². The quantitative estimate of drug-likeness (QED) is 0.767. The highest BCUT2D eigenvalue weighted by atomic mass is 19.1. The first-order valence-corrected chi connectivity index (χ1v) is 4.93. The van der Waals surface area contributed by atoms with Gasteiger partial charge in [-0.25, -0.2) is 4.39 Å². The Kier molecular flexibility index (Phi) is 2.54. The molecular weight excluding hydrogens is 193 g/mol. The van der Waals surface area contributed by atoms with E-state index in [0.29, 0.717) is 17.5 Å². The summed E-state index contributed by atoms with van der Waals surface area (Å²) in [6.07, 6.45) is 2.88. The van der Waals surface area contributed by atoms with Crippen LogP contribution in [0.3, 0.4) is 0 Å². The maximum absolute atomic E-state index is 13.9. The van der Waals surface area contributed by atoms with E-state index in [-0.39, 0.29) is 11.7 Å². The summed E-state index contributed by atoms with van der Waals surface area (Å²) in [5.74, 6) is -0.318. The molecule has 3 heteroatoms. The number of fused-ring (bicyclic) bond motifs is 1. The van der Waals surface area contributed by atoms with Gasteiger partial charge in [0.1, 0.15) is 6.29 Å². The number of benzene rings is 1. The number of hydrogen-bond donors (Lipinski definition) is 1. The number of aromatic amines is 1. The fourth-order valence-electron chi connectivity index (χ4n) is 1.76. The van der Waals surface area contributed by atoms with Crippen molar-refractivity contribution in [2.75, 3.05) is 0 Å². The second-order valence-electron chi connectivity index (χ2n) is 3.71. The fourth-order valence-corrected chi connectivity index (χ4v) is 1.76. The van der Waals surface area contributed by atoms with Crippen LogP contribution in [0.5, 0.6) is 0 Å². The summed E-state index contributed by atoms with van der Waals surface area (Å²) in [6, 6.07) is 5.44. The Morgan fingerprint density at radius 1 is 1.47 bits per heavy atom. The molecule has 15 heavy (non-hydrogen) atoms. The predicted molar refractivity (Wildman–Crippen MR) is 57.4 cm³/mol. The Hall–Kier alpha value is -1.64. The second-order valence-corrected chi connectivity index (χ2v) is 3.71. The Morgan fingerprint density at radius 3 is 3.00 bits per heavy atom. The highest BCUT2D eigenvalue weighted by molar-refractivity contribution is 5.80. The number of aromatic nitrogens is 1. The highest BCUT2D eigenvalue weighted by Crippen LogP contribution is 2.26. The van der Waals surface area contributed by atoms with Crippen molar-refractivity contribution in [1.29, 1.82) is 0 Å². The molecule has 0 spiro atoms. The number of rotatable bonds is 3. The molecule has 1 N–H and O–H groups in total. The molecule has 1 aromatic carbocycles. The van der Waals surface area contributed by atoms with Crippen molar-refractivity contribution >= 4 is 17.2 Å².